The van der Waals surface area contributed by atoms with Crippen molar-refractivity contribution in [1.82, 2.24) is 4.90 Å². The van der Waals surface area contributed by atoms with Crippen LogP contribution >= 0.6 is 7.51 Å². The molecule has 0 N–H and O–H groups in total. The Kier molecular flexibility index (Phi) is 4.37. The molecule has 1 spiro atoms. The molecular weight excluding hydrogens is 289 g/mol. The molecule has 3 aliphatic heterocycles. The Bertz CT molecular complexity index is 334. The van der Waals surface area contributed by atoms with Crippen LogP contribution < -0.4 is 0 Å². The maximum absolute atomic E-state index is 6.32. The number of rotatable bonds is 2. The first-order chi connectivity index (χ1) is 9.91. The predicted octanol–water partition coefficient (Wildman–Crippen LogP) is 3.68. The third-order valence-electron chi connectivity index (χ3n) is 4.93. The van der Waals surface area contributed by atoms with Crippen molar-refractivity contribution in [3.63, 3.8) is 0 Å². The Balaban J connectivity index is 1.83. The van der Waals surface area contributed by atoms with Crippen LogP contribution in [0.25, 0.3) is 0 Å². The molecule has 0 aromatic rings. The molecule has 3 saturated heterocycles. The molecule has 4 atom stereocenters. The van der Waals surface area contributed by atoms with E-state index in [4.69, 9.17) is 18.1 Å². The summed E-state index contributed by atoms with van der Waals surface area (Å²) in [5.41, 5.74) is 0. The van der Waals surface area contributed by atoms with E-state index in [9.17, 15) is 0 Å². The quantitative estimate of drug-likeness (QED) is 0.726. The van der Waals surface area contributed by atoms with E-state index in [1.165, 1.54) is 25.7 Å². The second kappa shape index (κ2) is 5.70. The zero-order valence-electron chi connectivity index (χ0n) is 13.8. The van der Waals surface area contributed by atoms with Gasteiger partial charge in [-0.25, -0.2) is 0 Å². The van der Waals surface area contributed by atoms with Crippen LogP contribution in [0.1, 0.15) is 53.4 Å². The number of likely N-dealkylation sites (tertiary alicyclic amines) is 1. The third-order valence-corrected chi connectivity index (χ3v) is 8.75. The number of hydrogen-bond donors (Lipinski definition) is 0. The third kappa shape index (κ3) is 3.01. The van der Waals surface area contributed by atoms with Crippen molar-refractivity contribution in [2.45, 2.75) is 77.8 Å². The minimum absolute atomic E-state index is 0.0205. The normalized spacial score (nSPS) is 45.2. The maximum atomic E-state index is 6.32. The van der Waals surface area contributed by atoms with Gasteiger partial charge < -0.3 is 0 Å². The molecule has 0 saturated carbocycles. The predicted molar refractivity (Wildman–Crippen MR) is 84.0 cm³/mol. The summed E-state index contributed by atoms with van der Waals surface area (Å²) in [6.07, 6.45) is 5.85. The van der Waals surface area contributed by atoms with Crippen molar-refractivity contribution in [3.05, 3.63) is 0 Å². The fraction of sp³-hybridized carbons (Fsp3) is 1.00. The molecule has 0 radical (unpaired) electrons. The van der Waals surface area contributed by atoms with Gasteiger partial charge in [-0.3, -0.25) is 0 Å². The topological polar surface area (TPSA) is 40.2 Å². The fourth-order valence-corrected chi connectivity index (χ4v) is 8.27. The number of hydrogen-bond acceptors (Lipinski definition) is 5. The van der Waals surface area contributed by atoms with Gasteiger partial charge in [0, 0.05) is 0 Å². The van der Waals surface area contributed by atoms with E-state index in [0.29, 0.717) is 6.29 Å². The van der Waals surface area contributed by atoms with Gasteiger partial charge in [0.25, 0.3) is 0 Å². The monoisotopic (exact) mass is 319 g/mol. The Hall–Kier alpha value is 0.230. The molecule has 0 aromatic heterocycles. The molecule has 4 unspecified atom stereocenters. The molecule has 124 valence electrons. The van der Waals surface area contributed by atoms with Crippen LogP contribution in [0.5, 0.6) is 0 Å². The van der Waals surface area contributed by atoms with Crippen LogP contribution in [-0.4, -0.2) is 48.7 Å². The SMILES string of the molecule is CC1OP2(CN3CCCCCC3)(OC1C)OC(C)C(C)O2. The van der Waals surface area contributed by atoms with Gasteiger partial charge in [-0.1, -0.05) is 0 Å². The first-order valence-corrected chi connectivity index (χ1v) is 10.5. The molecule has 21 heavy (non-hydrogen) atoms. The van der Waals surface area contributed by atoms with Crippen molar-refractivity contribution in [2.24, 2.45) is 0 Å². The molecule has 3 heterocycles. The van der Waals surface area contributed by atoms with Crippen molar-refractivity contribution < 1.29 is 18.1 Å². The molecule has 0 aliphatic carbocycles. The van der Waals surface area contributed by atoms with Crippen LogP contribution in [0.3, 0.4) is 0 Å². The second-order valence-corrected chi connectivity index (χ2v) is 9.93. The van der Waals surface area contributed by atoms with Gasteiger partial charge >= 0.3 is 128 Å². The molecule has 5 nitrogen and oxygen atoms in total. The van der Waals surface area contributed by atoms with Gasteiger partial charge in [-0.05, 0) is 0 Å². The summed E-state index contributed by atoms with van der Waals surface area (Å²) < 4.78 is 25.3. The van der Waals surface area contributed by atoms with Crippen LogP contribution in [0, 0.1) is 0 Å². The van der Waals surface area contributed by atoms with Crippen molar-refractivity contribution in [3.8, 4) is 0 Å². The van der Waals surface area contributed by atoms with Gasteiger partial charge in [-0.15, -0.1) is 0 Å². The Morgan fingerprint density at radius 2 is 1.10 bits per heavy atom. The van der Waals surface area contributed by atoms with E-state index in [2.05, 4.69) is 32.6 Å². The molecule has 3 rings (SSSR count). The molecule has 3 aliphatic rings. The first kappa shape index (κ1) is 16.1. The Morgan fingerprint density at radius 3 is 1.48 bits per heavy atom. The molecular formula is C15H30NO4P. The number of nitrogens with zero attached hydrogens (tertiary/aromatic N) is 1. The van der Waals surface area contributed by atoms with Crippen LogP contribution in [-0.2, 0) is 18.1 Å². The van der Waals surface area contributed by atoms with Crippen molar-refractivity contribution in [2.75, 3.05) is 19.4 Å². The van der Waals surface area contributed by atoms with Gasteiger partial charge in [-0.2, -0.15) is 0 Å². The molecule has 0 aromatic carbocycles. The van der Waals surface area contributed by atoms with E-state index in [1.807, 2.05) is 0 Å². The molecule has 0 amide bonds. The summed E-state index contributed by atoms with van der Waals surface area (Å²) in [5, 5.41) is 0. The van der Waals surface area contributed by atoms with E-state index in [1.54, 1.807) is 0 Å². The van der Waals surface area contributed by atoms with Gasteiger partial charge in [0.05, 0.1) is 0 Å². The van der Waals surface area contributed by atoms with E-state index in [-0.39, 0.29) is 24.4 Å². The Labute approximate surface area is 128 Å². The zero-order valence-corrected chi connectivity index (χ0v) is 14.7. The van der Waals surface area contributed by atoms with E-state index < -0.39 is 7.51 Å². The van der Waals surface area contributed by atoms with Gasteiger partial charge in [0.15, 0.2) is 0 Å². The van der Waals surface area contributed by atoms with Crippen molar-refractivity contribution in [1.29, 1.82) is 0 Å². The van der Waals surface area contributed by atoms with Gasteiger partial charge in [0.2, 0.25) is 0 Å². The minimum atomic E-state index is -3.44. The average Bonchev–Trinajstić information content (AvgIpc) is 2.68. The molecule has 6 heteroatoms. The Morgan fingerprint density at radius 1 is 0.714 bits per heavy atom. The summed E-state index contributed by atoms with van der Waals surface area (Å²) in [5.74, 6) is 0. The van der Waals surface area contributed by atoms with E-state index >= 15 is 0 Å². The van der Waals surface area contributed by atoms with Crippen LogP contribution in [0.15, 0.2) is 0 Å². The first-order valence-electron chi connectivity index (χ1n) is 8.41. The summed E-state index contributed by atoms with van der Waals surface area (Å²) in [7, 11) is -3.44. The summed E-state index contributed by atoms with van der Waals surface area (Å²) in [6.45, 7) is 10.4. The molecule has 0 bridgehead atoms. The summed E-state index contributed by atoms with van der Waals surface area (Å²) in [4.78, 5) is 2.43. The summed E-state index contributed by atoms with van der Waals surface area (Å²) in [6, 6.07) is 0. The fourth-order valence-electron chi connectivity index (χ4n) is 3.51. The zero-order chi connectivity index (χ0) is 15.1. The van der Waals surface area contributed by atoms with Crippen molar-refractivity contribution >= 4 is 7.51 Å². The van der Waals surface area contributed by atoms with Crippen LogP contribution in [0.2, 0.25) is 0 Å². The molecule has 3 fully saturated rings. The second-order valence-electron chi connectivity index (χ2n) is 6.88. The van der Waals surface area contributed by atoms with Crippen LogP contribution in [0.4, 0.5) is 0 Å². The van der Waals surface area contributed by atoms with Gasteiger partial charge in [0.1, 0.15) is 0 Å². The standard InChI is InChI=1S/C15H30NO4P/c1-12-13(2)18-21(17-12,19-14(3)15(4)20-21)11-16-9-7-5-6-8-10-16/h12-15H,5-11H2,1-4H3. The summed E-state index contributed by atoms with van der Waals surface area (Å²) >= 11 is 0. The average molecular weight is 319 g/mol. The van der Waals surface area contributed by atoms with E-state index in [0.717, 1.165) is 13.1 Å².